The Kier molecular flexibility index (Phi) is 17.7. The van der Waals surface area contributed by atoms with Crippen molar-refractivity contribution in [3.05, 3.63) is 0 Å². The Morgan fingerprint density at radius 1 is 0.833 bits per heavy atom. The fraction of sp³-hybridized carbons (Fsp3) is 1.00. The van der Waals surface area contributed by atoms with Crippen molar-refractivity contribution in [3.63, 3.8) is 0 Å². The van der Waals surface area contributed by atoms with Gasteiger partial charge < -0.3 is 38.4 Å². The minimum Gasteiger partial charge on any atom is -0.388 e. The second-order valence-electron chi connectivity index (χ2n) is 6.79. The number of aliphatic hydroxyl groups is 1. The highest BCUT2D eigenvalue weighted by Crippen LogP contribution is 2.41. The van der Waals surface area contributed by atoms with Gasteiger partial charge in [-0.15, -0.1) is 0 Å². The molecule has 0 fully saturated rings. The molecule has 0 aliphatic carbocycles. The molecular weight excluding hydrogens is 440 g/mol. The van der Waals surface area contributed by atoms with E-state index in [1.165, 1.54) is 6.92 Å². The molecule has 0 aromatic heterocycles. The van der Waals surface area contributed by atoms with Crippen LogP contribution in [0.25, 0.3) is 0 Å². The third-order valence-corrected chi connectivity index (χ3v) is 7.23. The molecule has 0 saturated carbocycles. The van der Waals surface area contributed by atoms with Crippen molar-refractivity contribution >= 4 is 15.1 Å². The minimum absolute atomic E-state index is 0.00665. The van der Waals surface area contributed by atoms with E-state index in [0.717, 1.165) is 0 Å². The van der Waals surface area contributed by atoms with E-state index in [2.05, 4.69) is 5.09 Å². The van der Waals surface area contributed by atoms with Gasteiger partial charge >= 0.3 is 7.60 Å². The summed E-state index contributed by atoms with van der Waals surface area (Å²) in [5.74, 6) is 0. The number of aliphatic hydroxyl groups excluding tert-OH is 1. The lowest BCUT2D eigenvalue weighted by atomic mass is 10.4. The van der Waals surface area contributed by atoms with Gasteiger partial charge in [-0.05, 0) is 6.42 Å². The van der Waals surface area contributed by atoms with Crippen LogP contribution in [0, 0.1) is 0 Å². The highest BCUT2D eigenvalue weighted by atomic mass is 31.2. The Balaban J connectivity index is 3.32. The molecule has 182 valence electrons. The Hall–Kier alpha value is 0.1000. The van der Waals surface area contributed by atoms with E-state index in [1.807, 2.05) is 0 Å². The van der Waals surface area contributed by atoms with Crippen LogP contribution >= 0.6 is 15.1 Å². The van der Waals surface area contributed by atoms with Gasteiger partial charge in [0.15, 0.2) is 0 Å². The average Bonchev–Trinajstić information content (AvgIpc) is 2.69. The minimum atomic E-state index is -3.60. The summed E-state index contributed by atoms with van der Waals surface area (Å²) in [6.45, 7) is 7.84. The van der Waals surface area contributed by atoms with E-state index in [0.29, 0.717) is 52.6 Å². The molecule has 11 nitrogen and oxygen atoms in total. The highest BCUT2D eigenvalue weighted by Gasteiger charge is 2.21. The zero-order valence-corrected chi connectivity index (χ0v) is 20.0. The van der Waals surface area contributed by atoms with Crippen LogP contribution in [0.5, 0.6) is 0 Å². The number of hydrogen-bond acceptors (Lipinski definition) is 8. The molecule has 3 atom stereocenters. The average molecular weight is 479 g/mol. The van der Waals surface area contributed by atoms with Crippen LogP contribution in [0.15, 0.2) is 0 Å². The maximum Gasteiger partial charge on any atom is 0.327 e. The van der Waals surface area contributed by atoms with E-state index in [9.17, 15) is 24.0 Å². The van der Waals surface area contributed by atoms with Crippen LogP contribution in [0.4, 0.5) is 0 Å². The van der Waals surface area contributed by atoms with Crippen molar-refractivity contribution in [2.75, 3.05) is 72.2 Å². The first-order chi connectivity index (χ1) is 14.1. The lowest BCUT2D eigenvalue weighted by Crippen LogP contribution is -2.22. The number of hydrogen-bond donors (Lipinski definition) is 4. The Morgan fingerprint density at radius 3 is 1.83 bits per heavy atom. The van der Waals surface area contributed by atoms with Gasteiger partial charge in [0.1, 0.15) is 6.10 Å². The van der Waals surface area contributed by atoms with Crippen molar-refractivity contribution in [3.8, 4) is 0 Å². The van der Waals surface area contributed by atoms with Gasteiger partial charge in [-0.1, -0.05) is 20.8 Å². The van der Waals surface area contributed by atoms with E-state index in [-0.39, 0.29) is 31.6 Å². The first-order valence-electron chi connectivity index (χ1n) is 10.1. The first-order valence-corrected chi connectivity index (χ1v) is 13.6. The van der Waals surface area contributed by atoms with Crippen molar-refractivity contribution in [2.24, 2.45) is 0 Å². The molecule has 0 saturated heterocycles. The van der Waals surface area contributed by atoms with Crippen molar-refractivity contribution < 1.29 is 47.5 Å². The SMILES string of the molecule is CCP(=O)(O)OCC(O)COCCOCCOCCOCCCNP(=O)(O)C(C)C. The summed E-state index contributed by atoms with van der Waals surface area (Å²) in [6.07, 6.45) is -0.341. The molecule has 0 radical (unpaired) electrons. The van der Waals surface area contributed by atoms with Gasteiger partial charge in [0.25, 0.3) is 7.52 Å². The molecule has 0 aromatic rings. The van der Waals surface area contributed by atoms with Crippen LogP contribution < -0.4 is 5.09 Å². The van der Waals surface area contributed by atoms with E-state index in [4.69, 9.17) is 23.5 Å². The number of ether oxygens (including phenoxy) is 4. The molecule has 0 rings (SSSR count). The maximum absolute atomic E-state index is 11.7. The Bertz CT molecular complexity index is 509. The van der Waals surface area contributed by atoms with Crippen molar-refractivity contribution in [1.29, 1.82) is 0 Å². The summed E-state index contributed by atoms with van der Waals surface area (Å²) < 4.78 is 48.9. The lowest BCUT2D eigenvalue weighted by Gasteiger charge is -2.16. The summed E-state index contributed by atoms with van der Waals surface area (Å²) in [5.41, 5.74) is -0.305. The predicted octanol–water partition coefficient (Wildman–Crippen LogP) is 1.21. The van der Waals surface area contributed by atoms with Gasteiger partial charge in [-0.2, -0.15) is 0 Å². The Morgan fingerprint density at radius 2 is 1.33 bits per heavy atom. The van der Waals surface area contributed by atoms with Crippen molar-refractivity contribution in [2.45, 2.75) is 39.0 Å². The molecule has 13 heteroatoms. The van der Waals surface area contributed by atoms with Gasteiger partial charge in [0.05, 0.1) is 52.9 Å². The monoisotopic (exact) mass is 479 g/mol. The Labute approximate surface area is 179 Å². The van der Waals surface area contributed by atoms with Crippen LogP contribution in [0.1, 0.15) is 27.2 Å². The van der Waals surface area contributed by atoms with Crippen LogP contribution in [-0.2, 0) is 32.6 Å². The second kappa shape index (κ2) is 17.6. The summed E-state index contributed by atoms with van der Waals surface area (Å²) in [4.78, 5) is 18.8. The standard InChI is InChI=1S/C17H39NO10P2/c1-4-29(20,21)28-15-17(19)14-27-13-12-26-11-10-25-9-8-24-7-5-6-18-30(22,23)16(2)3/h16-17,19H,4-15H2,1-3H3,(H,20,21)(H2,18,22,23). The van der Waals surface area contributed by atoms with Gasteiger partial charge in [0.2, 0.25) is 0 Å². The second-order valence-corrected chi connectivity index (χ2v) is 11.6. The maximum atomic E-state index is 11.7. The third kappa shape index (κ3) is 17.7. The lowest BCUT2D eigenvalue weighted by molar-refractivity contribution is -0.0250. The normalized spacial score (nSPS) is 17.0. The zero-order chi connectivity index (χ0) is 22.9. The third-order valence-electron chi connectivity index (χ3n) is 3.80. The molecule has 0 aliphatic rings. The van der Waals surface area contributed by atoms with Crippen LogP contribution in [0.2, 0.25) is 0 Å². The molecule has 0 aliphatic heterocycles. The fourth-order valence-electron chi connectivity index (χ4n) is 1.82. The molecule has 3 unspecified atom stereocenters. The van der Waals surface area contributed by atoms with Crippen LogP contribution in [0.3, 0.4) is 0 Å². The van der Waals surface area contributed by atoms with E-state index < -0.39 is 21.2 Å². The molecule has 0 spiro atoms. The first kappa shape index (κ1) is 30.1. The zero-order valence-electron chi connectivity index (χ0n) is 18.2. The van der Waals surface area contributed by atoms with Crippen molar-refractivity contribution in [1.82, 2.24) is 5.09 Å². The molecular formula is C17H39NO10P2. The molecule has 0 aromatic carbocycles. The number of nitrogens with one attached hydrogen (secondary N) is 1. The molecule has 4 N–H and O–H groups in total. The summed E-state index contributed by atoms with van der Waals surface area (Å²) in [7, 11) is -6.85. The quantitative estimate of drug-likeness (QED) is 0.139. The predicted molar refractivity (Wildman–Crippen MR) is 113 cm³/mol. The van der Waals surface area contributed by atoms with Gasteiger partial charge in [-0.25, -0.2) is 5.09 Å². The van der Waals surface area contributed by atoms with E-state index in [1.54, 1.807) is 13.8 Å². The topological polar surface area (TPSA) is 153 Å². The largest absolute Gasteiger partial charge is 0.388 e. The highest BCUT2D eigenvalue weighted by molar-refractivity contribution is 7.56. The van der Waals surface area contributed by atoms with Gasteiger partial charge in [-0.3, -0.25) is 9.13 Å². The van der Waals surface area contributed by atoms with E-state index >= 15 is 0 Å². The molecule has 0 bridgehead atoms. The van der Waals surface area contributed by atoms with Gasteiger partial charge in [0, 0.05) is 25.0 Å². The van der Waals surface area contributed by atoms with Crippen LogP contribution in [-0.4, -0.2) is 98.8 Å². The summed E-state index contributed by atoms with van der Waals surface area (Å²) >= 11 is 0. The summed E-state index contributed by atoms with van der Waals surface area (Å²) in [6, 6.07) is 0. The summed E-state index contributed by atoms with van der Waals surface area (Å²) in [5, 5.41) is 12.2. The fourth-order valence-corrected chi connectivity index (χ4v) is 3.25. The molecule has 0 heterocycles. The number of rotatable bonds is 21. The molecule has 0 amide bonds. The smallest absolute Gasteiger partial charge is 0.327 e. The molecule has 30 heavy (non-hydrogen) atoms.